The first-order valence-electron chi connectivity index (χ1n) is 8.84. The van der Waals surface area contributed by atoms with Crippen molar-refractivity contribution in [2.75, 3.05) is 26.3 Å². The van der Waals surface area contributed by atoms with Crippen molar-refractivity contribution >= 4 is 0 Å². The second kappa shape index (κ2) is 7.11. The van der Waals surface area contributed by atoms with E-state index in [1.807, 2.05) is 30.3 Å². The van der Waals surface area contributed by atoms with Crippen molar-refractivity contribution in [2.45, 2.75) is 31.5 Å². The molecule has 1 aromatic heterocycles. The molecule has 7 heteroatoms. The van der Waals surface area contributed by atoms with Crippen molar-refractivity contribution in [1.29, 1.82) is 0 Å². The Morgan fingerprint density at radius 1 is 1.24 bits per heavy atom. The number of rotatable bonds is 6. The molecular formula is C18H23N3O4. The van der Waals surface area contributed by atoms with Crippen LogP contribution >= 0.6 is 0 Å². The first-order chi connectivity index (χ1) is 12.2. The summed E-state index contributed by atoms with van der Waals surface area (Å²) >= 11 is 0. The number of aliphatic hydroxyl groups excluding tert-OH is 1. The summed E-state index contributed by atoms with van der Waals surface area (Å²) in [6, 6.07) is 9.77. The molecule has 1 saturated carbocycles. The molecule has 2 fully saturated rings. The zero-order chi connectivity index (χ0) is 17.2. The van der Waals surface area contributed by atoms with Crippen LogP contribution in [0.25, 0.3) is 11.4 Å². The lowest BCUT2D eigenvalue weighted by atomic mass is 10.1. The molecule has 1 aromatic carbocycles. The van der Waals surface area contributed by atoms with Gasteiger partial charge in [-0.05, 0) is 18.8 Å². The predicted molar refractivity (Wildman–Crippen MR) is 91.1 cm³/mol. The van der Waals surface area contributed by atoms with E-state index in [1.54, 1.807) is 0 Å². The van der Waals surface area contributed by atoms with Gasteiger partial charge in [0.2, 0.25) is 0 Å². The van der Waals surface area contributed by atoms with Crippen molar-refractivity contribution in [2.24, 2.45) is 5.92 Å². The van der Waals surface area contributed by atoms with Crippen molar-refractivity contribution < 1.29 is 14.4 Å². The fourth-order valence-electron chi connectivity index (χ4n) is 3.56. The Morgan fingerprint density at radius 3 is 2.80 bits per heavy atom. The number of hydrogen-bond donors (Lipinski definition) is 1. The van der Waals surface area contributed by atoms with Crippen LogP contribution in [0.1, 0.15) is 12.8 Å². The van der Waals surface area contributed by atoms with Gasteiger partial charge in [0.05, 0.1) is 25.9 Å². The van der Waals surface area contributed by atoms with E-state index in [4.69, 9.17) is 9.26 Å². The lowest BCUT2D eigenvalue weighted by molar-refractivity contribution is -0.0357. The van der Waals surface area contributed by atoms with Gasteiger partial charge in [0.25, 0.3) is 0 Å². The summed E-state index contributed by atoms with van der Waals surface area (Å²) in [5.41, 5.74) is 0.794. The highest BCUT2D eigenvalue weighted by molar-refractivity contribution is 5.54. The van der Waals surface area contributed by atoms with Gasteiger partial charge in [-0.25, -0.2) is 4.79 Å². The molecule has 2 aliphatic rings. The van der Waals surface area contributed by atoms with Crippen LogP contribution in [0.15, 0.2) is 39.6 Å². The highest BCUT2D eigenvalue weighted by atomic mass is 16.5. The van der Waals surface area contributed by atoms with Gasteiger partial charge in [0.1, 0.15) is 0 Å². The fraction of sp³-hybridized carbons (Fsp3) is 0.556. The van der Waals surface area contributed by atoms with Gasteiger partial charge in [-0.1, -0.05) is 35.5 Å². The lowest BCUT2D eigenvalue weighted by Gasteiger charge is -2.37. The Bertz CT molecular complexity index is 753. The summed E-state index contributed by atoms with van der Waals surface area (Å²) in [5, 5.41) is 14.4. The molecule has 0 bridgehead atoms. The summed E-state index contributed by atoms with van der Waals surface area (Å²) < 4.78 is 11.8. The normalized spacial score (nSPS) is 22.8. The predicted octanol–water partition coefficient (Wildman–Crippen LogP) is 0.975. The minimum absolute atomic E-state index is 0.168. The number of aliphatic hydroxyl groups is 1. The Kier molecular flexibility index (Phi) is 4.70. The minimum atomic E-state index is -0.668. The number of nitrogens with zero attached hydrogens (tertiary/aromatic N) is 3. The van der Waals surface area contributed by atoms with Crippen LogP contribution in [-0.2, 0) is 11.3 Å². The number of hydrogen-bond acceptors (Lipinski definition) is 6. The van der Waals surface area contributed by atoms with Crippen LogP contribution in [0, 0.1) is 5.92 Å². The molecule has 134 valence electrons. The number of aromatic nitrogens is 2. The molecule has 1 saturated heterocycles. The summed E-state index contributed by atoms with van der Waals surface area (Å²) in [6.07, 6.45) is 1.81. The smallest absolute Gasteiger partial charge is 0.390 e. The second-order valence-corrected chi connectivity index (χ2v) is 6.88. The third kappa shape index (κ3) is 3.68. The molecule has 1 aliphatic heterocycles. The Morgan fingerprint density at radius 2 is 2.04 bits per heavy atom. The molecule has 4 rings (SSSR count). The third-order valence-electron chi connectivity index (χ3n) is 5.00. The Hall–Kier alpha value is -1.96. The second-order valence-electron chi connectivity index (χ2n) is 6.88. The molecule has 0 spiro atoms. The van der Waals surface area contributed by atoms with Gasteiger partial charge in [0.15, 0.2) is 5.82 Å². The highest BCUT2D eigenvalue weighted by Crippen LogP contribution is 2.36. The van der Waals surface area contributed by atoms with Gasteiger partial charge in [-0.2, -0.15) is 0 Å². The van der Waals surface area contributed by atoms with Crippen molar-refractivity contribution in [1.82, 2.24) is 14.6 Å². The van der Waals surface area contributed by atoms with Crippen LogP contribution in [0.4, 0.5) is 0 Å². The van der Waals surface area contributed by atoms with Gasteiger partial charge in [-0.3, -0.25) is 14.0 Å². The monoisotopic (exact) mass is 345 g/mol. The number of ether oxygens (including phenoxy) is 1. The Balaban J connectivity index is 1.47. The highest BCUT2D eigenvalue weighted by Gasteiger charge is 2.37. The maximum atomic E-state index is 12.0. The first-order valence-corrected chi connectivity index (χ1v) is 8.84. The molecule has 2 atom stereocenters. The van der Waals surface area contributed by atoms with E-state index in [9.17, 15) is 9.90 Å². The van der Waals surface area contributed by atoms with Gasteiger partial charge < -0.3 is 9.84 Å². The van der Waals surface area contributed by atoms with Gasteiger partial charge in [0, 0.05) is 24.7 Å². The van der Waals surface area contributed by atoms with Crippen molar-refractivity contribution in [3.05, 3.63) is 40.9 Å². The van der Waals surface area contributed by atoms with Crippen LogP contribution in [0.5, 0.6) is 0 Å². The van der Waals surface area contributed by atoms with E-state index in [1.165, 1.54) is 17.4 Å². The van der Waals surface area contributed by atoms with E-state index in [2.05, 4.69) is 10.1 Å². The summed E-state index contributed by atoms with van der Waals surface area (Å²) in [6.45, 7) is 2.94. The molecule has 2 unspecified atom stereocenters. The van der Waals surface area contributed by atoms with E-state index >= 15 is 0 Å². The Labute approximate surface area is 145 Å². The third-order valence-corrected chi connectivity index (χ3v) is 5.00. The molecule has 7 nitrogen and oxygen atoms in total. The summed E-state index contributed by atoms with van der Waals surface area (Å²) in [7, 11) is 0. The summed E-state index contributed by atoms with van der Waals surface area (Å²) in [5.74, 6) is 0.592. The molecule has 1 N–H and O–H groups in total. The molecule has 2 aromatic rings. The lowest BCUT2D eigenvalue weighted by Crippen LogP contribution is -2.50. The maximum Gasteiger partial charge on any atom is 0.441 e. The van der Waals surface area contributed by atoms with Crippen LogP contribution in [-0.4, -0.2) is 58.2 Å². The van der Waals surface area contributed by atoms with Crippen LogP contribution in [0.3, 0.4) is 0 Å². The standard InChI is InChI=1S/C18H23N3O4/c22-15(10-20-8-9-24-12-16(20)13-6-7-13)11-21-17(19-25-18(21)23)14-4-2-1-3-5-14/h1-5,13,15-16,22H,6-12H2. The number of morpholine rings is 1. The van der Waals surface area contributed by atoms with E-state index in [0.29, 0.717) is 30.9 Å². The molecular weight excluding hydrogens is 322 g/mol. The average Bonchev–Trinajstić information content (AvgIpc) is 3.41. The number of benzene rings is 1. The quantitative estimate of drug-likeness (QED) is 0.840. The zero-order valence-corrected chi connectivity index (χ0v) is 14.1. The van der Waals surface area contributed by atoms with Gasteiger partial charge in [-0.15, -0.1) is 0 Å². The van der Waals surface area contributed by atoms with Crippen molar-refractivity contribution in [3.63, 3.8) is 0 Å². The maximum absolute atomic E-state index is 12.0. The van der Waals surface area contributed by atoms with E-state index < -0.39 is 11.9 Å². The summed E-state index contributed by atoms with van der Waals surface area (Å²) in [4.78, 5) is 14.3. The topological polar surface area (TPSA) is 80.7 Å². The van der Waals surface area contributed by atoms with E-state index in [0.717, 1.165) is 18.7 Å². The first kappa shape index (κ1) is 16.5. The van der Waals surface area contributed by atoms with Crippen LogP contribution < -0.4 is 5.76 Å². The van der Waals surface area contributed by atoms with Crippen molar-refractivity contribution in [3.8, 4) is 11.4 Å². The average molecular weight is 345 g/mol. The molecule has 2 heterocycles. The van der Waals surface area contributed by atoms with E-state index in [-0.39, 0.29) is 6.54 Å². The zero-order valence-electron chi connectivity index (χ0n) is 14.1. The number of β-amino-alcohol motifs (C(OH)–C–C–N with tert-alkyl or cyclic N) is 1. The van der Waals surface area contributed by atoms with Gasteiger partial charge >= 0.3 is 5.76 Å². The fourth-order valence-corrected chi connectivity index (χ4v) is 3.56. The SMILES string of the molecule is O=c1onc(-c2ccccc2)n1CC(O)CN1CCOCC1C1CC1. The molecule has 1 aliphatic carbocycles. The largest absolute Gasteiger partial charge is 0.441 e. The molecule has 0 radical (unpaired) electrons. The van der Waals surface area contributed by atoms with Crippen LogP contribution in [0.2, 0.25) is 0 Å². The minimum Gasteiger partial charge on any atom is -0.390 e. The molecule has 0 amide bonds. The molecule has 25 heavy (non-hydrogen) atoms.